The summed E-state index contributed by atoms with van der Waals surface area (Å²) >= 11 is 6.10. The van der Waals surface area contributed by atoms with Crippen LogP contribution >= 0.6 is 11.6 Å². The van der Waals surface area contributed by atoms with Gasteiger partial charge in [-0.05, 0) is 68.8 Å². The van der Waals surface area contributed by atoms with Crippen molar-refractivity contribution in [2.24, 2.45) is 0 Å². The molecule has 1 fully saturated rings. The lowest BCUT2D eigenvalue weighted by molar-refractivity contribution is -0.148. The van der Waals surface area contributed by atoms with Gasteiger partial charge in [-0.25, -0.2) is 4.79 Å². The standard InChI is InChI=1S/C35H34ClN5O6/c1-35(2,3)47-34(45)39-31(23-7-5-4-6-8-23)33(44)41-17-18-46-21-28(41)32(43)38-26-14-10-22(11-15-26)9-12-24-20-37-40-30(24)27-19-25(36)13-16-29(27)42/h4-8,10-11,13-16,19-20,28,31,42H,17-18,21H2,1-3H3,(H,37,40)(H,38,43)(H,39,45). The van der Waals surface area contributed by atoms with Gasteiger partial charge in [0.2, 0.25) is 5.91 Å². The van der Waals surface area contributed by atoms with Crippen LogP contribution in [-0.2, 0) is 19.1 Å². The summed E-state index contributed by atoms with van der Waals surface area (Å²) in [6.45, 7) is 5.59. The highest BCUT2D eigenvalue weighted by Gasteiger charge is 2.38. The molecule has 0 saturated carbocycles. The van der Waals surface area contributed by atoms with Gasteiger partial charge in [-0.2, -0.15) is 5.10 Å². The van der Waals surface area contributed by atoms with Gasteiger partial charge in [0.1, 0.15) is 23.4 Å². The van der Waals surface area contributed by atoms with E-state index in [0.29, 0.717) is 38.7 Å². The number of phenols is 1. The highest BCUT2D eigenvalue weighted by atomic mass is 35.5. The van der Waals surface area contributed by atoms with Crippen LogP contribution in [0.1, 0.15) is 43.5 Å². The van der Waals surface area contributed by atoms with E-state index < -0.39 is 35.6 Å². The average Bonchev–Trinajstić information content (AvgIpc) is 3.52. The third-order valence-corrected chi connectivity index (χ3v) is 7.35. The number of benzene rings is 3. The second-order valence-electron chi connectivity index (χ2n) is 11.7. The Bertz CT molecular complexity index is 1810. The van der Waals surface area contributed by atoms with Crippen LogP contribution in [0.3, 0.4) is 0 Å². The highest BCUT2D eigenvalue weighted by molar-refractivity contribution is 6.31. The number of aromatic hydroxyl groups is 1. The lowest BCUT2D eigenvalue weighted by Gasteiger charge is -2.37. The van der Waals surface area contributed by atoms with Crippen LogP contribution in [0.15, 0.2) is 79.0 Å². The molecule has 1 aromatic heterocycles. The number of carbonyl (C=O) groups excluding carboxylic acids is 3. The molecule has 242 valence electrons. The van der Waals surface area contributed by atoms with Crippen molar-refractivity contribution in [3.8, 4) is 28.8 Å². The van der Waals surface area contributed by atoms with Crippen molar-refractivity contribution < 1.29 is 29.0 Å². The first-order chi connectivity index (χ1) is 22.5. The molecule has 2 unspecified atom stereocenters. The van der Waals surface area contributed by atoms with Crippen molar-refractivity contribution in [2.75, 3.05) is 25.1 Å². The first-order valence-corrected chi connectivity index (χ1v) is 15.2. The SMILES string of the molecule is CC(C)(C)OC(=O)NC(C(=O)N1CCOCC1C(=O)Nc1ccc(C#Cc2cn[nH]c2-c2cc(Cl)ccc2O)cc1)c1ccccc1. The van der Waals surface area contributed by atoms with E-state index in [1.54, 1.807) is 87.6 Å². The molecule has 0 bridgehead atoms. The summed E-state index contributed by atoms with van der Waals surface area (Å²) in [6, 6.07) is 18.4. The molecule has 1 aliphatic rings. The summed E-state index contributed by atoms with van der Waals surface area (Å²) in [4.78, 5) is 41.5. The molecular weight excluding hydrogens is 622 g/mol. The van der Waals surface area contributed by atoms with Gasteiger partial charge in [-0.15, -0.1) is 0 Å². The molecule has 0 aliphatic carbocycles. The predicted molar refractivity (Wildman–Crippen MR) is 177 cm³/mol. The Labute approximate surface area is 277 Å². The van der Waals surface area contributed by atoms with E-state index in [1.165, 1.54) is 11.0 Å². The van der Waals surface area contributed by atoms with E-state index in [0.717, 1.165) is 0 Å². The van der Waals surface area contributed by atoms with Crippen LogP contribution in [0, 0.1) is 11.8 Å². The molecular formula is C35H34ClN5O6. The van der Waals surface area contributed by atoms with Gasteiger partial charge in [0.15, 0.2) is 0 Å². The minimum absolute atomic E-state index is 0.00963. The summed E-state index contributed by atoms with van der Waals surface area (Å²) in [5.41, 5.74) is 2.54. The molecule has 1 saturated heterocycles. The number of hydrogen-bond donors (Lipinski definition) is 4. The number of carbonyl (C=O) groups is 3. The van der Waals surface area contributed by atoms with E-state index >= 15 is 0 Å². The topological polar surface area (TPSA) is 146 Å². The van der Waals surface area contributed by atoms with Gasteiger partial charge >= 0.3 is 6.09 Å². The fourth-order valence-electron chi connectivity index (χ4n) is 4.91. The van der Waals surface area contributed by atoms with Gasteiger partial charge in [0.25, 0.3) is 5.91 Å². The van der Waals surface area contributed by atoms with Crippen molar-refractivity contribution in [1.82, 2.24) is 20.4 Å². The van der Waals surface area contributed by atoms with E-state index in [1.807, 2.05) is 6.07 Å². The van der Waals surface area contributed by atoms with Gasteiger partial charge in [-0.1, -0.05) is 53.8 Å². The number of anilines is 1. The summed E-state index contributed by atoms with van der Waals surface area (Å²) in [5.74, 6) is 5.25. The number of aromatic amines is 1. The average molecular weight is 656 g/mol. The molecule has 11 nitrogen and oxygen atoms in total. The molecule has 4 aromatic rings. The van der Waals surface area contributed by atoms with Crippen molar-refractivity contribution in [3.63, 3.8) is 0 Å². The third kappa shape index (κ3) is 8.49. The Kier molecular flexibility index (Phi) is 10.1. The molecule has 1 aliphatic heterocycles. The minimum atomic E-state index is -1.07. The first-order valence-electron chi connectivity index (χ1n) is 14.9. The Morgan fingerprint density at radius 1 is 1.09 bits per heavy atom. The zero-order valence-electron chi connectivity index (χ0n) is 26.0. The quantitative estimate of drug-likeness (QED) is 0.207. The lowest BCUT2D eigenvalue weighted by atomic mass is 10.0. The van der Waals surface area contributed by atoms with Gasteiger partial charge in [0.05, 0.1) is 30.7 Å². The van der Waals surface area contributed by atoms with E-state index in [-0.39, 0.29) is 25.5 Å². The third-order valence-electron chi connectivity index (χ3n) is 7.12. The normalized spacial score (nSPS) is 15.1. The Hall–Kier alpha value is -5.31. The molecule has 2 atom stereocenters. The number of hydrogen-bond acceptors (Lipinski definition) is 7. The molecule has 0 spiro atoms. The molecule has 3 amide bonds. The minimum Gasteiger partial charge on any atom is -0.507 e. The van der Waals surface area contributed by atoms with Gasteiger partial charge in [-0.3, -0.25) is 14.7 Å². The Morgan fingerprint density at radius 3 is 2.55 bits per heavy atom. The number of nitrogens with zero attached hydrogens (tertiary/aromatic N) is 2. The van der Waals surface area contributed by atoms with E-state index in [2.05, 4.69) is 32.7 Å². The van der Waals surface area contributed by atoms with E-state index in [9.17, 15) is 19.5 Å². The van der Waals surface area contributed by atoms with Crippen LogP contribution in [-0.4, -0.2) is 69.5 Å². The summed E-state index contributed by atoms with van der Waals surface area (Å²) in [6.07, 6.45) is 0.811. The Balaban J connectivity index is 1.29. The summed E-state index contributed by atoms with van der Waals surface area (Å²) in [7, 11) is 0. The molecule has 2 heterocycles. The molecule has 3 aromatic carbocycles. The fraction of sp³-hybridized carbons (Fsp3) is 0.257. The van der Waals surface area contributed by atoms with Gasteiger partial charge in [0, 0.05) is 28.4 Å². The number of ether oxygens (including phenoxy) is 2. The van der Waals surface area contributed by atoms with Crippen LogP contribution in [0.25, 0.3) is 11.3 Å². The number of rotatable bonds is 6. The zero-order chi connectivity index (χ0) is 33.6. The largest absolute Gasteiger partial charge is 0.507 e. The molecule has 4 N–H and O–H groups in total. The number of nitrogens with one attached hydrogen (secondary N) is 3. The fourth-order valence-corrected chi connectivity index (χ4v) is 5.08. The second-order valence-corrected chi connectivity index (χ2v) is 12.2. The Morgan fingerprint density at radius 2 is 1.83 bits per heavy atom. The van der Waals surface area contributed by atoms with Crippen molar-refractivity contribution in [2.45, 2.75) is 38.5 Å². The maximum atomic E-state index is 13.9. The summed E-state index contributed by atoms with van der Waals surface area (Å²) in [5, 5.41) is 23.2. The smallest absolute Gasteiger partial charge is 0.408 e. The number of aromatic nitrogens is 2. The number of halogens is 1. The number of H-pyrrole nitrogens is 1. The monoisotopic (exact) mass is 655 g/mol. The van der Waals surface area contributed by atoms with Crippen molar-refractivity contribution in [1.29, 1.82) is 0 Å². The predicted octanol–water partition coefficient (Wildman–Crippen LogP) is 5.27. The highest BCUT2D eigenvalue weighted by Crippen LogP contribution is 2.32. The van der Waals surface area contributed by atoms with Crippen LogP contribution < -0.4 is 10.6 Å². The molecule has 12 heteroatoms. The maximum absolute atomic E-state index is 13.9. The summed E-state index contributed by atoms with van der Waals surface area (Å²) < 4.78 is 11.0. The maximum Gasteiger partial charge on any atom is 0.408 e. The zero-order valence-corrected chi connectivity index (χ0v) is 26.8. The number of phenolic OH excluding ortho intramolecular Hbond substituents is 1. The van der Waals surface area contributed by atoms with Crippen LogP contribution in [0.4, 0.5) is 10.5 Å². The number of alkyl carbamates (subject to hydrolysis) is 1. The number of amides is 3. The van der Waals surface area contributed by atoms with Gasteiger partial charge < -0.3 is 30.1 Å². The number of morpholine rings is 1. The molecule has 47 heavy (non-hydrogen) atoms. The van der Waals surface area contributed by atoms with Crippen LogP contribution in [0.2, 0.25) is 5.02 Å². The molecule has 0 radical (unpaired) electrons. The van der Waals surface area contributed by atoms with Crippen molar-refractivity contribution in [3.05, 3.63) is 101 Å². The lowest BCUT2D eigenvalue weighted by Crippen LogP contribution is -2.57. The second kappa shape index (κ2) is 14.4. The van der Waals surface area contributed by atoms with E-state index in [4.69, 9.17) is 21.1 Å². The first kappa shape index (κ1) is 33.1. The van der Waals surface area contributed by atoms with Crippen molar-refractivity contribution >= 4 is 35.2 Å². The molecule has 5 rings (SSSR count). The van der Waals surface area contributed by atoms with Crippen LogP contribution in [0.5, 0.6) is 5.75 Å².